The third kappa shape index (κ3) is 4.96. The van der Waals surface area contributed by atoms with Gasteiger partial charge in [-0.1, -0.05) is 51.2 Å². The van der Waals surface area contributed by atoms with Crippen LogP contribution in [0, 0.1) is 5.92 Å². The fourth-order valence-corrected chi connectivity index (χ4v) is 8.06. The summed E-state index contributed by atoms with van der Waals surface area (Å²) in [5, 5.41) is -0.328. The Morgan fingerprint density at radius 2 is 1.69 bits per heavy atom. The molecule has 3 heterocycles. The van der Waals surface area contributed by atoms with Crippen molar-refractivity contribution in [3.63, 3.8) is 0 Å². The number of aromatic nitrogens is 1. The Bertz CT molecular complexity index is 1530. The molecule has 39 heavy (non-hydrogen) atoms. The number of ether oxygens (including phenoxy) is 2. The van der Waals surface area contributed by atoms with Crippen molar-refractivity contribution >= 4 is 68.5 Å². The monoisotopic (exact) mass is 630 g/mol. The molecule has 0 aliphatic carbocycles. The zero-order valence-corrected chi connectivity index (χ0v) is 24.1. The molecule has 12 heteroatoms. The van der Waals surface area contributed by atoms with Crippen molar-refractivity contribution in [3.05, 3.63) is 78.7 Å². The van der Waals surface area contributed by atoms with Gasteiger partial charge >= 0.3 is 16.8 Å². The average Bonchev–Trinajstić information content (AvgIpc) is 3.35. The first-order valence-electron chi connectivity index (χ1n) is 12.2. The number of amides is 2. The highest BCUT2D eigenvalue weighted by atomic mass is 79.9. The van der Waals surface area contributed by atoms with Gasteiger partial charge in [0.25, 0.3) is 0 Å². The van der Waals surface area contributed by atoms with Crippen LogP contribution >= 0.6 is 39.0 Å². The van der Waals surface area contributed by atoms with E-state index in [1.165, 1.54) is 16.7 Å². The number of esters is 2. The van der Waals surface area contributed by atoms with Crippen LogP contribution in [-0.4, -0.2) is 46.8 Å². The predicted octanol–water partition coefficient (Wildman–Crippen LogP) is 4.21. The van der Waals surface area contributed by atoms with Crippen molar-refractivity contribution in [1.29, 1.82) is 0 Å². The molecule has 2 aliphatic rings. The molecule has 0 spiro atoms. The first kappa shape index (κ1) is 27.4. The molecule has 0 radical (unpaired) electrons. The van der Waals surface area contributed by atoms with Crippen molar-refractivity contribution in [2.45, 2.75) is 36.6 Å². The highest BCUT2D eigenvalue weighted by Crippen LogP contribution is 2.54. The molecule has 3 aromatic rings. The number of hydrogen-bond donors (Lipinski definition) is 0. The van der Waals surface area contributed by atoms with E-state index in [-0.39, 0.29) is 24.6 Å². The van der Waals surface area contributed by atoms with Crippen LogP contribution in [0.15, 0.2) is 62.8 Å². The molecular weight excluding hydrogens is 608 g/mol. The molecule has 0 bridgehead atoms. The van der Waals surface area contributed by atoms with Crippen LogP contribution in [0.25, 0.3) is 0 Å². The second kappa shape index (κ2) is 11.1. The maximum absolute atomic E-state index is 13.9. The predicted molar refractivity (Wildman–Crippen MR) is 149 cm³/mol. The number of carbonyl (C=O) groups excluding carboxylic acids is 4. The first-order valence-corrected chi connectivity index (χ1v) is 14.7. The number of thiazole rings is 1. The summed E-state index contributed by atoms with van der Waals surface area (Å²) in [6.07, 6.45) is 0. The normalized spacial score (nSPS) is 20.0. The van der Waals surface area contributed by atoms with Gasteiger partial charge in [0.2, 0.25) is 11.8 Å². The molecule has 3 atom stereocenters. The topological polar surface area (TPSA) is 112 Å². The highest BCUT2D eigenvalue weighted by Gasteiger charge is 2.56. The second-order valence-electron chi connectivity index (χ2n) is 8.80. The van der Waals surface area contributed by atoms with Gasteiger partial charge < -0.3 is 9.47 Å². The lowest BCUT2D eigenvalue weighted by atomic mass is 9.83. The van der Waals surface area contributed by atoms with Gasteiger partial charge in [-0.3, -0.25) is 23.7 Å². The summed E-state index contributed by atoms with van der Waals surface area (Å²) in [5.74, 6) is -3.22. The molecule has 1 aromatic heterocycles. The van der Waals surface area contributed by atoms with Crippen LogP contribution in [0.2, 0.25) is 0 Å². The number of fused-ring (bicyclic) bond motifs is 2. The van der Waals surface area contributed by atoms with Gasteiger partial charge in [-0.2, -0.15) is 0 Å². The van der Waals surface area contributed by atoms with Gasteiger partial charge in [0.05, 0.1) is 35.4 Å². The fraction of sp³-hybridized carbons (Fsp3) is 0.296. The molecule has 5 rings (SSSR count). The van der Waals surface area contributed by atoms with E-state index in [1.54, 1.807) is 26.0 Å². The molecule has 9 nitrogen and oxygen atoms in total. The summed E-state index contributed by atoms with van der Waals surface area (Å²) >= 11 is 5.59. The summed E-state index contributed by atoms with van der Waals surface area (Å²) in [7, 11) is 0. The lowest BCUT2D eigenvalue weighted by Crippen LogP contribution is -2.32. The van der Waals surface area contributed by atoms with Crippen LogP contribution in [-0.2, 0) is 30.4 Å². The van der Waals surface area contributed by atoms with E-state index in [0.717, 1.165) is 38.0 Å². The molecule has 0 unspecified atom stereocenters. The van der Waals surface area contributed by atoms with Crippen molar-refractivity contribution in [1.82, 2.24) is 4.57 Å². The van der Waals surface area contributed by atoms with Gasteiger partial charge in [0.15, 0.2) is 0 Å². The zero-order valence-electron chi connectivity index (χ0n) is 20.9. The molecule has 2 aromatic carbocycles. The molecule has 1 fully saturated rings. The van der Waals surface area contributed by atoms with Crippen LogP contribution < -0.4 is 9.77 Å². The number of carbonyl (C=O) groups is 4. The number of imide groups is 1. The Morgan fingerprint density at radius 1 is 0.974 bits per heavy atom. The highest BCUT2D eigenvalue weighted by molar-refractivity contribution is 9.10. The lowest BCUT2D eigenvalue weighted by molar-refractivity contribution is -0.144. The van der Waals surface area contributed by atoms with E-state index >= 15 is 0 Å². The SMILES string of the molecule is CCOC(=O)Cn1c2c(sc1=O)[C@@H](c1cccc(Br)c1)[C@@H]1C(=O)N(c3ccc(C(=O)OCC)cc3)C(=O)[C@@H]1S2. The number of hydrogen-bond acceptors (Lipinski definition) is 9. The van der Waals surface area contributed by atoms with E-state index in [0.29, 0.717) is 21.2 Å². The van der Waals surface area contributed by atoms with E-state index in [2.05, 4.69) is 15.9 Å². The van der Waals surface area contributed by atoms with Crippen LogP contribution in [0.5, 0.6) is 0 Å². The number of nitrogens with zero attached hydrogens (tertiary/aromatic N) is 2. The quantitative estimate of drug-likeness (QED) is 0.282. The summed E-state index contributed by atoms with van der Waals surface area (Å²) in [6, 6.07) is 13.5. The standard InChI is InChI=1S/C27H23BrN2O7S2/c1-3-36-18(31)13-29-25-22(39-27(29)35)19(15-6-5-7-16(28)12-15)20-21(38-25)24(33)30(23(20)32)17-10-8-14(9-11-17)26(34)37-4-2/h5-12,19-21H,3-4,13H2,1-2H3/t19-,20-,21+/m0/s1. The summed E-state index contributed by atoms with van der Waals surface area (Å²) in [5.41, 5.74) is 1.42. The molecule has 2 amide bonds. The number of anilines is 1. The van der Waals surface area contributed by atoms with Gasteiger partial charge in [-0.15, -0.1) is 0 Å². The first-order chi connectivity index (χ1) is 18.7. The number of halogens is 1. The van der Waals surface area contributed by atoms with Crippen LogP contribution in [0.4, 0.5) is 5.69 Å². The molecule has 2 aliphatic heterocycles. The maximum Gasteiger partial charge on any atom is 0.338 e. The van der Waals surface area contributed by atoms with E-state index in [4.69, 9.17) is 9.47 Å². The fourth-order valence-electron chi connectivity index (χ4n) is 4.87. The average molecular weight is 632 g/mol. The van der Waals surface area contributed by atoms with E-state index in [1.807, 2.05) is 24.3 Å². The molecule has 0 saturated carbocycles. The minimum absolute atomic E-state index is 0.176. The maximum atomic E-state index is 13.9. The third-order valence-corrected chi connectivity index (χ3v) is 9.58. The van der Waals surface area contributed by atoms with Gasteiger partial charge in [-0.05, 0) is 55.8 Å². The molecule has 0 N–H and O–H groups in total. The Morgan fingerprint density at radius 3 is 2.36 bits per heavy atom. The van der Waals surface area contributed by atoms with Crippen molar-refractivity contribution in [3.8, 4) is 0 Å². The van der Waals surface area contributed by atoms with E-state index < -0.39 is 40.8 Å². The van der Waals surface area contributed by atoms with Gasteiger partial charge in [0.1, 0.15) is 11.8 Å². The van der Waals surface area contributed by atoms with Crippen LogP contribution in [0.1, 0.15) is 40.6 Å². The van der Waals surface area contributed by atoms with E-state index in [9.17, 15) is 24.0 Å². The largest absolute Gasteiger partial charge is 0.465 e. The van der Waals surface area contributed by atoms with Crippen molar-refractivity contribution < 1.29 is 28.7 Å². The van der Waals surface area contributed by atoms with Gasteiger partial charge in [-0.25, -0.2) is 9.69 Å². The minimum atomic E-state index is -0.818. The van der Waals surface area contributed by atoms with Gasteiger partial charge in [0, 0.05) is 15.3 Å². The number of benzene rings is 2. The lowest BCUT2D eigenvalue weighted by Gasteiger charge is -2.30. The molecular formula is C27H23BrN2O7S2. The molecule has 1 saturated heterocycles. The second-order valence-corrected chi connectivity index (χ2v) is 11.8. The number of thioether (sulfide) groups is 1. The Hall–Kier alpha value is -3.22. The zero-order chi connectivity index (χ0) is 27.8. The Kier molecular flexibility index (Phi) is 7.79. The van der Waals surface area contributed by atoms with Crippen molar-refractivity contribution in [2.24, 2.45) is 5.92 Å². The summed E-state index contributed by atoms with van der Waals surface area (Å²) < 4.78 is 12.2. The summed E-state index contributed by atoms with van der Waals surface area (Å²) in [6.45, 7) is 3.51. The molecule has 202 valence electrons. The number of rotatable bonds is 7. The van der Waals surface area contributed by atoms with Crippen molar-refractivity contribution in [2.75, 3.05) is 18.1 Å². The Balaban J connectivity index is 1.58. The smallest absolute Gasteiger partial charge is 0.338 e. The Labute approximate surface area is 240 Å². The minimum Gasteiger partial charge on any atom is -0.465 e. The van der Waals surface area contributed by atoms with Crippen LogP contribution in [0.3, 0.4) is 0 Å². The summed E-state index contributed by atoms with van der Waals surface area (Å²) in [4.78, 5) is 66.5. The third-order valence-electron chi connectivity index (χ3n) is 6.49.